The first-order valence-electron chi connectivity index (χ1n) is 10.4. The minimum atomic E-state index is -3.85. The molecule has 11 heteroatoms. The molecule has 1 aliphatic rings. The zero-order valence-corrected chi connectivity index (χ0v) is 18.9. The SMILES string of the molecule is Cc1c(C(=O)NNC(=O)c2ccc(F)cc2)oc2c1/C(=N/NS(=O)(=O)c1ccccc1)CCC2. The smallest absolute Gasteiger partial charge is 0.305 e. The average molecular weight is 485 g/mol. The van der Waals surface area contributed by atoms with E-state index in [1.54, 1.807) is 25.1 Å². The molecule has 2 amide bonds. The fourth-order valence-corrected chi connectivity index (χ4v) is 4.46. The minimum absolute atomic E-state index is 0.0232. The Kier molecular flexibility index (Phi) is 6.46. The molecule has 1 aromatic heterocycles. The molecule has 0 unspecified atom stereocenters. The molecule has 9 nitrogen and oxygen atoms in total. The summed E-state index contributed by atoms with van der Waals surface area (Å²) in [6.07, 6.45) is 1.71. The topological polar surface area (TPSA) is 130 Å². The van der Waals surface area contributed by atoms with Gasteiger partial charge in [-0.2, -0.15) is 18.4 Å². The summed E-state index contributed by atoms with van der Waals surface area (Å²) in [4.78, 5) is 27.1. The highest BCUT2D eigenvalue weighted by atomic mass is 32.2. The van der Waals surface area contributed by atoms with E-state index in [0.717, 1.165) is 12.1 Å². The predicted octanol–water partition coefficient (Wildman–Crippen LogP) is 2.82. The summed E-state index contributed by atoms with van der Waals surface area (Å²) < 4.78 is 43.8. The molecule has 34 heavy (non-hydrogen) atoms. The molecule has 4 rings (SSSR count). The second kappa shape index (κ2) is 9.48. The average Bonchev–Trinajstić information content (AvgIpc) is 3.19. The Balaban J connectivity index is 1.51. The van der Waals surface area contributed by atoms with E-state index in [0.29, 0.717) is 41.9 Å². The lowest BCUT2D eigenvalue weighted by Gasteiger charge is -2.14. The highest BCUT2D eigenvalue weighted by Gasteiger charge is 2.28. The number of sulfonamides is 1. The number of aryl methyl sites for hydroxylation is 1. The first-order valence-corrected chi connectivity index (χ1v) is 11.9. The number of hydrogen-bond donors (Lipinski definition) is 3. The molecular formula is C23H21FN4O5S. The second-order valence-electron chi connectivity index (χ2n) is 7.59. The van der Waals surface area contributed by atoms with Gasteiger partial charge in [-0.15, -0.1) is 0 Å². The van der Waals surface area contributed by atoms with Crippen molar-refractivity contribution >= 4 is 27.5 Å². The molecule has 0 radical (unpaired) electrons. The van der Waals surface area contributed by atoms with Crippen LogP contribution in [0.2, 0.25) is 0 Å². The van der Waals surface area contributed by atoms with E-state index in [9.17, 15) is 22.4 Å². The van der Waals surface area contributed by atoms with Gasteiger partial charge in [0.05, 0.1) is 10.6 Å². The Morgan fingerprint density at radius 1 is 0.971 bits per heavy atom. The number of rotatable bonds is 5. The summed E-state index contributed by atoms with van der Waals surface area (Å²) in [6, 6.07) is 12.7. The Hall–Kier alpha value is -3.99. The fourth-order valence-electron chi connectivity index (χ4n) is 3.61. The van der Waals surface area contributed by atoms with Gasteiger partial charge in [0.25, 0.3) is 15.9 Å². The normalized spacial score (nSPS) is 14.4. The van der Waals surface area contributed by atoms with Crippen molar-refractivity contribution in [2.45, 2.75) is 31.1 Å². The molecular weight excluding hydrogens is 463 g/mol. The maximum Gasteiger partial charge on any atom is 0.305 e. The Morgan fingerprint density at radius 3 is 2.35 bits per heavy atom. The summed E-state index contributed by atoms with van der Waals surface area (Å²) in [5.74, 6) is -1.31. The van der Waals surface area contributed by atoms with Crippen molar-refractivity contribution < 1.29 is 26.8 Å². The zero-order chi connectivity index (χ0) is 24.3. The van der Waals surface area contributed by atoms with E-state index >= 15 is 0 Å². The number of hydrazine groups is 1. The number of benzene rings is 2. The molecule has 0 atom stereocenters. The Bertz CT molecular complexity index is 1370. The summed E-state index contributed by atoms with van der Waals surface area (Å²) >= 11 is 0. The van der Waals surface area contributed by atoms with Crippen molar-refractivity contribution in [2.75, 3.05) is 0 Å². The third-order valence-corrected chi connectivity index (χ3v) is 6.51. The fraction of sp³-hybridized carbons (Fsp3) is 0.174. The lowest BCUT2D eigenvalue weighted by atomic mass is 9.93. The number of halogens is 1. The van der Waals surface area contributed by atoms with Gasteiger partial charge >= 0.3 is 5.91 Å². The lowest BCUT2D eigenvalue weighted by molar-refractivity contribution is 0.0829. The van der Waals surface area contributed by atoms with Crippen LogP contribution in [0.5, 0.6) is 0 Å². The molecule has 0 aliphatic heterocycles. The van der Waals surface area contributed by atoms with Gasteiger partial charge in [-0.05, 0) is 56.2 Å². The predicted molar refractivity (Wildman–Crippen MR) is 121 cm³/mol. The molecule has 1 aliphatic carbocycles. The van der Waals surface area contributed by atoms with Crippen LogP contribution in [0, 0.1) is 12.7 Å². The van der Waals surface area contributed by atoms with Crippen LogP contribution in [0.15, 0.2) is 69.0 Å². The van der Waals surface area contributed by atoms with Crippen molar-refractivity contribution in [1.82, 2.24) is 15.7 Å². The van der Waals surface area contributed by atoms with E-state index in [-0.39, 0.29) is 16.2 Å². The van der Waals surface area contributed by atoms with Crippen molar-refractivity contribution in [1.29, 1.82) is 0 Å². The molecule has 176 valence electrons. The second-order valence-corrected chi connectivity index (χ2v) is 9.25. The van der Waals surface area contributed by atoms with Gasteiger partial charge in [0, 0.05) is 23.1 Å². The van der Waals surface area contributed by atoms with Gasteiger partial charge in [0.15, 0.2) is 5.76 Å². The maximum absolute atomic E-state index is 13.0. The molecule has 0 spiro atoms. The van der Waals surface area contributed by atoms with E-state index in [4.69, 9.17) is 4.42 Å². The quantitative estimate of drug-likeness (QED) is 0.480. The van der Waals surface area contributed by atoms with Crippen LogP contribution in [-0.4, -0.2) is 25.9 Å². The number of carbonyl (C=O) groups excluding carboxylic acids is 2. The van der Waals surface area contributed by atoms with Crippen molar-refractivity contribution in [3.63, 3.8) is 0 Å². The highest BCUT2D eigenvalue weighted by molar-refractivity contribution is 7.89. The third kappa shape index (κ3) is 4.84. The number of hydrogen-bond acceptors (Lipinski definition) is 6. The van der Waals surface area contributed by atoms with Crippen molar-refractivity contribution in [3.05, 3.63) is 88.6 Å². The molecule has 3 aromatic rings. The van der Waals surface area contributed by atoms with Crippen molar-refractivity contribution in [2.24, 2.45) is 5.10 Å². The number of carbonyl (C=O) groups is 2. The molecule has 2 aromatic carbocycles. The largest absolute Gasteiger partial charge is 0.455 e. The monoisotopic (exact) mass is 484 g/mol. The van der Waals surface area contributed by atoms with Crippen LogP contribution in [0.3, 0.4) is 0 Å². The van der Waals surface area contributed by atoms with Crippen LogP contribution in [0.25, 0.3) is 0 Å². The standard InChI is InChI=1S/C23H21FN4O5S/c1-14-20-18(25-28-34(31,32)17-6-3-2-4-7-17)8-5-9-19(20)33-21(14)23(30)27-26-22(29)15-10-12-16(24)13-11-15/h2-4,6-7,10-13,28H,5,8-9H2,1H3,(H,26,29)(H,27,30)/b25-18+. The molecule has 0 saturated carbocycles. The number of furan rings is 1. The third-order valence-electron chi connectivity index (χ3n) is 5.28. The van der Waals surface area contributed by atoms with Gasteiger partial charge in [-0.25, -0.2) is 4.39 Å². The number of nitrogens with one attached hydrogen (secondary N) is 3. The first kappa shape index (κ1) is 23.2. The van der Waals surface area contributed by atoms with Crippen LogP contribution in [0.1, 0.15) is 50.6 Å². The van der Waals surface area contributed by atoms with E-state index < -0.39 is 27.7 Å². The highest BCUT2D eigenvalue weighted by Crippen LogP contribution is 2.30. The number of hydrazone groups is 1. The van der Waals surface area contributed by atoms with E-state index in [1.807, 2.05) is 0 Å². The Labute approximate surface area is 195 Å². The van der Waals surface area contributed by atoms with Crippen LogP contribution in [0.4, 0.5) is 4.39 Å². The van der Waals surface area contributed by atoms with Crippen molar-refractivity contribution in [3.8, 4) is 0 Å². The van der Waals surface area contributed by atoms with Crippen LogP contribution < -0.4 is 15.7 Å². The Morgan fingerprint density at radius 2 is 1.65 bits per heavy atom. The van der Waals surface area contributed by atoms with E-state index in [2.05, 4.69) is 20.8 Å². The number of fused-ring (bicyclic) bond motifs is 1. The lowest BCUT2D eigenvalue weighted by Crippen LogP contribution is -2.41. The van der Waals surface area contributed by atoms with E-state index in [1.165, 1.54) is 24.3 Å². The van der Waals surface area contributed by atoms with Gasteiger partial charge in [-0.1, -0.05) is 18.2 Å². The molecule has 0 fully saturated rings. The molecule has 0 bridgehead atoms. The minimum Gasteiger partial charge on any atom is -0.455 e. The summed E-state index contributed by atoms with van der Waals surface area (Å²) in [5, 5.41) is 4.11. The van der Waals surface area contributed by atoms with Gasteiger partial charge in [-0.3, -0.25) is 20.4 Å². The van der Waals surface area contributed by atoms with Gasteiger partial charge in [0.2, 0.25) is 0 Å². The van der Waals surface area contributed by atoms with Gasteiger partial charge < -0.3 is 4.42 Å². The number of amides is 2. The number of nitrogens with zero attached hydrogens (tertiary/aromatic N) is 1. The maximum atomic E-state index is 13.0. The van der Waals surface area contributed by atoms with Crippen LogP contribution >= 0.6 is 0 Å². The zero-order valence-electron chi connectivity index (χ0n) is 18.1. The van der Waals surface area contributed by atoms with Crippen LogP contribution in [-0.2, 0) is 16.4 Å². The molecule has 0 saturated heterocycles. The first-order chi connectivity index (χ1) is 16.3. The summed E-state index contributed by atoms with van der Waals surface area (Å²) in [5.41, 5.74) is 6.19. The molecule has 3 N–H and O–H groups in total. The summed E-state index contributed by atoms with van der Waals surface area (Å²) in [6.45, 7) is 1.66. The summed E-state index contributed by atoms with van der Waals surface area (Å²) in [7, 11) is -3.85. The van der Waals surface area contributed by atoms with Gasteiger partial charge in [0.1, 0.15) is 11.6 Å². The molecule has 1 heterocycles.